The summed E-state index contributed by atoms with van der Waals surface area (Å²) in [5, 5.41) is 15.2. The molecule has 1 unspecified atom stereocenters. The van der Waals surface area contributed by atoms with Gasteiger partial charge in [0.05, 0.1) is 11.9 Å². The van der Waals surface area contributed by atoms with E-state index in [-0.39, 0.29) is 11.8 Å². The van der Waals surface area contributed by atoms with Crippen molar-refractivity contribution in [3.63, 3.8) is 0 Å². The molecule has 1 atom stereocenters. The van der Waals surface area contributed by atoms with E-state index in [4.69, 9.17) is 16.3 Å². The van der Waals surface area contributed by atoms with Crippen molar-refractivity contribution < 1.29 is 4.74 Å². The van der Waals surface area contributed by atoms with Crippen molar-refractivity contribution in [3.8, 4) is 11.9 Å². The summed E-state index contributed by atoms with van der Waals surface area (Å²) in [4.78, 5) is 13.2. The van der Waals surface area contributed by atoms with Crippen molar-refractivity contribution in [2.75, 3.05) is 13.1 Å². The van der Waals surface area contributed by atoms with Crippen molar-refractivity contribution in [1.82, 2.24) is 20.3 Å². The fourth-order valence-electron chi connectivity index (χ4n) is 3.19. The number of rotatable bonds is 4. The summed E-state index contributed by atoms with van der Waals surface area (Å²) in [6.45, 7) is 1.75. The van der Waals surface area contributed by atoms with E-state index in [1.807, 2.05) is 24.3 Å². The van der Waals surface area contributed by atoms with E-state index in [0.29, 0.717) is 23.0 Å². The fraction of sp³-hybridized carbons (Fsp3) is 0.300. The van der Waals surface area contributed by atoms with Crippen molar-refractivity contribution in [2.45, 2.75) is 25.4 Å². The van der Waals surface area contributed by atoms with E-state index in [9.17, 15) is 5.26 Å². The van der Waals surface area contributed by atoms with E-state index in [0.717, 1.165) is 42.4 Å². The number of aromatic nitrogens is 3. The Bertz CT molecular complexity index is 1010. The largest absolute Gasteiger partial charge is 0.471 e. The molecular weight excluding hydrogens is 362 g/mol. The summed E-state index contributed by atoms with van der Waals surface area (Å²) in [5.41, 5.74) is 1.78. The first-order valence-electron chi connectivity index (χ1n) is 8.89. The highest BCUT2D eigenvalue weighted by Crippen LogP contribution is 2.24. The van der Waals surface area contributed by atoms with E-state index in [1.54, 1.807) is 12.4 Å². The summed E-state index contributed by atoms with van der Waals surface area (Å²) < 4.78 is 5.95. The molecule has 1 aliphatic rings. The number of benzene rings is 1. The molecule has 136 valence electrons. The molecule has 1 fully saturated rings. The van der Waals surface area contributed by atoms with Crippen LogP contribution in [0.2, 0.25) is 5.02 Å². The lowest BCUT2D eigenvalue weighted by Gasteiger charge is -2.23. The second-order valence-electron chi connectivity index (χ2n) is 6.53. The SMILES string of the molecule is N#Cc1ncc(Cc2cc3cccc(Cl)c3cn2)nc1OC1CCCNC1. The standard InChI is InChI=1S/C20H18ClN5O/c21-18-5-1-3-13-7-14(24-12-17(13)18)8-15-10-25-19(9-22)20(26-15)27-16-4-2-6-23-11-16/h1,3,5,7,10,12,16,23H,2,4,6,8,11H2. The zero-order chi connectivity index (χ0) is 18.6. The molecular formula is C20H18ClN5O. The first-order valence-corrected chi connectivity index (χ1v) is 9.27. The second-order valence-corrected chi connectivity index (χ2v) is 6.93. The Morgan fingerprint density at radius 3 is 3.00 bits per heavy atom. The van der Waals surface area contributed by atoms with Crippen LogP contribution in [-0.2, 0) is 6.42 Å². The third kappa shape index (κ3) is 4.00. The number of hydrogen-bond donors (Lipinski definition) is 1. The summed E-state index contributed by atoms with van der Waals surface area (Å²) >= 11 is 6.20. The first-order chi connectivity index (χ1) is 13.2. The summed E-state index contributed by atoms with van der Waals surface area (Å²) in [6.07, 6.45) is 5.88. The molecule has 0 aliphatic carbocycles. The smallest absolute Gasteiger partial charge is 0.251 e. The predicted octanol–water partition coefficient (Wildman–Crippen LogP) is 3.27. The third-order valence-corrected chi connectivity index (χ3v) is 4.89. The Kier molecular flexibility index (Phi) is 5.14. The minimum absolute atomic E-state index is 0.0105. The number of nitrogens with one attached hydrogen (secondary N) is 1. The molecule has 0 bridgehead atoms. The van der Waals surface area contributed by atoms with Gasteiger partial charge in [0.2, 0.25) is 5.69 Å². The molecule has 1 aromatic carbocycles. The van der Waals surface area contributed by atoms with Gasteiger partial charge in [0.1, 0.15) is 12.2 Å². The summed E-state index contributed by atoms with van der Waals surface area (Å²) in [6, 6.07) is 9.82. The number of fused-ring (bicyclic) bond motifs is 1. The number of nitrogens with zero attached hydrogens (tertiary/aromatic N) is 4. The highest BCUT2D eigenvalue weighted by Gasteiger charge is 2.18. The lowest BCUT2D eigenvalue weighted by atomic mass is 10.1. The number of halogens is 1. The van der Waals surface area contributed by atoms with Crippen LogP contribution in [0.5, 0.6) is 5.88 Å². The summed E-state index contributed by atoms with van der Waals surface area (Å²) in [5.74, 6) is 0.299. The number of nitriles is 1. The Morgan fingerprint density at radius 1 is 1.26 bits per heavy atom. The van der Waals surface area contributed by atoms with Crippen LogP contribution in [0, 0.1) is 11.3 Å². The average molecular weight is 380 g/mol. The van der Waals surface area contributed by atoms with Crippen molar-refractivity contribution in [3.05, 3.63) is 58.8 Å². The van der Waals surface area contributed by atoms with Gasteiger partial charge in [-0.1, -0.05) is 23.7 Å². The highest BCUT2D eigenvalue weighted by atomic mass is 35.5. The van der Waals surface area contributed by atoms with E-state index in [1.165, 1.54) is 0 Å². The van der Waals surface area contributed by atoms with Crippen LogP contribution in [0.1, 0.15) is 29.9 Å². The van der Waals surface area contributed by atoms with Gasteiger partial charge in [0.15, 0.2) is 0 Å². The number of piperidine rings is 1. The fourth-order valence-corrected chi connectivity index (χ4v) is 3.42. The van der Waals surface area contributed by atoms with Gasteiger partial charge >= 0.3 is 0 Å². The zero-order valence-corrected chi connectivity index (χ0v) is 15.4. The maximum atomic E-state index is 9.30. The number of hydrogen-bond acceptors (Lipinski definition) is 6. The van der Waals surface area contributed by atoms with E-state index >= 15 is 0 Å². The van der Waals surface area contributed by atoms with Crippen LogP contribution in [-0.4, -0.2) is 34.1 Å². The van der Waals surface area contributed by atoms with Gasteiger partial charge in [0, 0.05) is 35.3 Å². The molecule has 3 heterocycles. The minimum atomic E-state index is 0.0105. The van der Waals surface area contributed by atoms with Gasteiger partial charge < -0.3 is 10.1 Å². The van der Waals surface area contributed by atoms with Crippen LogP contribution >= 0.6 is 11.6 Å². The second kappa shape index (κ2) is 7.87. The van der Waals surface area contributed by atoms with Crippen molar-refractivity contribution in [2.24, 2.45) is 0 Å². The summed E-state index contributed by atoms with van der Waals surface area (Å²) in [7, 11) is 0. The van der Waals surface area contributed by atoms with Crippen LogP contribution in [0.3, 0.4) is 0 Å². The quantitative estimate of drug-likeness (QED) is 0.749. The van der Waals surface area contributed by atoms with Crippen LogP contribution in [0.4, 0.5) is 0 Å². The molecule has 0 amide bonds. The normalized spacial score (nSPS) is 16.8. The van der Waals surface area contributed by atoms with Gasteiger partial charge in [-0.05, 0) is 36.9 Å². The Labute approximate surface area is 162 Å². The van der Waals surface area contributed by atoms with E-state index < -0.39 is 0 Å². The molecule has 0 saturated carbocycles. The first kappa shape index (κ1) is 17.7. The molecule has 1 N–H and O–H groups in total. The molecule has 3 aromatic rings. The Hall–Kier alpha value is -2.75. The number of ether oxygens (including phenoxy) is 1. The predicted molar refractivity (Wildman–Crippen MR) is 103 cm³/mol. The Balaban J connectivity index is 1.58. The number of pyridine rings is 1. The minimum Gasteiger partial charge on any atom is -0.471 e. The van der Waals surface area contributed by atoms with Crippen LogP contribution in [0.25, 0.3) is 10.8 Å². The van der Waals surface area contributed by atoms with Crippen molar-refractivity contribution in [1.29, 1.82) is 5.26 Å². The average Bonchev–Trinajstić information content (AvgIpc) is 2.69. The highest BCUT2D eigenvalue weighted by molar-refractivity contribution is 6.35. The zero-order valence-electron chi connectivity index (χ0n) is 14.7. The van der Waals surface area contributed by atoms with Gasteiger partial charge in [-0.2, -0.15) is 5.26 Å². The van der Waals surface area contributed by atoms with Crippen LogP contribution < -0.4 is 10.1 Å². The monoisotopic (exact) mass is 379 g/mol. The maximum Gasteiger partial charge on any atom is 0.251 e. The third-order valence-electron chi connectivity index (χ3n) is 4.56. The topological polar surface area (TPSA) is 83.7 Å². The van der Waals surface area contributed by atoms with E-state index in [2.05, 4.69) is 26.3 Å². The molecule has 2 aromatic heterocycles. The molecule has 4 rings (SSSR count). The van der Waals surface area contributed by atoms with Crippen LogP contribution in [0.15, 0.2) is 36.7 Å². The lowest BCUT2D eigenvalue weighted by Crippen LogP contribution is -2.37. The van der Waals surface area contributed by atoms with Gasteiger partial charge in [0.25, 0.3) is 5.88 Å². The lowest BCUT2D eigenvalue weighted by molar-refractivity contribution is 0.159. The van der Waals surface area contributed by atoms with Gasteiger partial charge in [-0.3, -0.25) is 4.98 Å². The molecule has 6 nitrogen and oxygen atoms in total. The molecule has 7 heteroatoms. The van der Waals surface area contributed by atoms with Gasteiger partial charge in [-0.25, -0.2) is 9.97 Å². The molecule has 0 radical (unpaired) electrons. The molecule has 27 heavy (non-hydrogen) atoms. The van der Waals surface area contributed by atoms with Crippen molar-refractivity contribution >= 4 is 22.4 Å². The molecule has 0 spiro atoms. The maximum absolute atomic E-state index is 9.30. The molecule has 1 aliphatic heterocycles. The van der Waals surface area contributed by atoms with Gasteiger partial charge in [-0.15, -0.1) is 0 Å². The molecule has 1 saturated heterocycles. The Morgan fingerprint density at radius 2 is 2.19 bits per heavy atom.